The van der Waals surface area contributed by atoms with Crippen LogP contribution in [0.4, 0.5) is 0 Å². The number of esters is 1. The molecule has 0 radical (unpaired) electrons. The molecule has 0 amide bonds. The zero-order valence-corrected chi connectivity index (χ0v) is 19.2. The number of ether oxygens (including phenoxy) is 2. The normalized spacial score (nSPS) is 13.0. The van der Waals surface area contributed by atoms with Gasteiger partial charge in [0.05, 0.1) is 19.3 Å². The molecule has 0 spiro atoms. The van der Waals surface area contributed by atoms with Gasteiger partial charge in [-0.25, -0.2) is 8.42 Å². The summed E-state index contributed by atoms with van der Waals surface area (Å²) in [6.45, 7) is 5.19. The summed E-state index contributed by atoms with van der Waals surface area (Å²) < 4.78 is 45.3. The van der Waals surface area contributed by atoms with Crippen LogP contribution in [0, 0.1) is 0 Å². The van der Waals surface area contributed by atoms with E-state index in [2.05, 4.69) is 9.71 Å². The second-order valence-electron chi connectivity index (χ2n) is 8.01. The Hall–Kier alpha value is -3.01. The first-order valence-electron chi connectivity index (χ1n) is 9.96. The molecule has 1 atom stereocenters. The molecule has 0 saturated carbocycles. The van der Waals surface area contributed by atoms with Gasteiger partial charge in [-0.15, -0.1) is 0 Å². The van der Waals surface area contributed by atoms with E-state index in [0.29, 0.717) is 11.1 Å². The number of hydrogen-bond donors (Lipinski definition) is 1. The number of carbonyl (C=O) groups excluding carboxylic acids is 1. The number of hydrogen-bond acceptors (Lipinski definition) is 7. The van der Waals surface area contributed by atoms with Crippen LogP contribution in [0.1, 0.15) is 20.8 Å². The Kier molecular flexibility index (Phi) is 7.12. The van der Waals surface area contributed by atoms with Crippen molar-refractivity contribution in [2.45, 2.75) is 37.4 Å². The SMILES string of the molecule is COC(=O)C(COC(C)(C)C)NS(=O)(=O)c1nc(-c2ccccc2)oc1-c1ccccc1. The molecule has 0 saturated heterocycles. The average Bonchev–Trinajstić information content (AvgIpc) is 3.23. The van der Waals surface area contributed by atoms with E-state index >= 15 is 0 Å². The molecular weight excluding hydrogens is 432 g/mol. The molecule has 9 heteroatoms. The lowest BCUT2D eigenvalue weighted by Gasteiger charge is -2.23. The predicted molar refractivity (Wildman–Crippen MR) is 119 cm³/mol. The van der Waals surface area contributed by atoms with Crippen LogP contribution in [0.25, 0.3) is 22.8 Å². The molecule has 170 valence electrons. The van der Waals surface area contributed by atoms with E-state index in [0.717, 1.165) is 0 Å². The summed E-state index contributed by atoms with van der Waals surface area (Å²) in [6, 6.07) is 16.5. The highest BCUT2D eigenvalue weighted by atomic mass is 32.2. The van der Waals surface area contributed by atoms with Crippen LogP contribution < -0.4 is 4.72 Å². The second-order valence-corrected chi connectivity index (χ2v) is 9.64. The van der Waals surface area contributed by atoms with Gasteiger partial charge in [-0.2, -0.15) is 9.71 Å². The maximum atomic E-state index is 13.3. The van der Waals surface area contributed by atoms with Crippen molar-refractivity contribution < 1.29 is 27.1 Å². The van der Waals surface area contributed by atoms with Crippen molar-refractivity contribution in [3.63, 3.8) is 0 Å². The van der Waals surface area contributed by atoms with Crippen LogP contribution >= 0.6 is 0 Å². The molecule has 3 aromatic rings. The largest absolute Gasteiger partial charge is 0.468 e. The van der Waals surface area contributed by atoms with Crippen molar-refractivity contribution in [3.05, 3.63) is 60.7 Å². The van der Waals surface area contributed by atoms with Crippen LogP contribution in [0.3, 0.4) is 0 Å². The summed E-state index contributed by atoms with van der Waals surface area (Å²) in [7, 11) is -3.10. The van der Waals surface area contributed by atoms with Gasteiger partial charge >= 0.3 is 5.97 Å². The van der Waals surface area contributed by atoms with Gasteiger partial charge in [0, 0.05) is 11.1 Å². The summed E-state index contributed by atoms with van der Waals surface area (Å²) in [5.74, 6) is -0.562. The fraction of sp³-hybridized carbons (Fsp3) is 0.304. The maximum Gasteiger partial charge on any atom is 0.326 e. The Morgan fingerprint density at radius 3 is 2.12 bits per heavy atom. The third-order valence-electron chi connectivity index (χ3n) is 4.37. The molecule has 0 aliphatic carbocycles. The molecule has 0 bridgehead atoms. The quantitative estimate of drug-likeness (QED) is 0.514. The van der Waals surface area contributed by atoms with Crippen LogP contribution in [0.2, 0.25) is 0 Å². The van der Waals surface area contributed by atoms with Crippen molar-refractivity contribution in [2.24, 2.45) is 0 Å². The number of rotatable bonds is 8. The molecule has 8 nitrogen and oxygen atoms in total. The van der Waals surface area contributed by atoms with Crippen molar-refractivity contribution in [1.29, 1.82) is 0 Å². The lowest BCUT2D eigenvalue weighted by molar-refractivity contribution is -0.145. The van der Waals surface area contributed by atoms with E-state index in [1.54, 1.807) is 69.3 Å². The molecule has 0 aliphatic rings. The fourth-order valence-electron chi connectivity index (χ4n) is 2.83. The van der Waals surface area contributed by atoms with Gasteiger partial charge in [0.1, 0.15) is 6.04 Å². The minimum absolute atomic E-state index is 0.0670. The third-order valence-corrected chi connectivity index (χ3v) is 5.75. The molecule has 0 fully saturated rings. The monoisotopic (exact) mass is 458 g/mol. The van der Waals surface area contributed by atoms with E-state index < -0.39 is 27.6 Å². The number of sulfonamides is 1. The van der Waals surface area contributed by atoms with Crippen molar-refractivity contribution in [3.8, 4) is 22.8 Å². The predicted octanol–water partition coefficient (Wildman–Crippen LogP) is 3.64. The molecule has 1 unspecified atom stereocenters. The molecule has 32 heavy (non-hydrogen) atoms. The summed E-state index contributed by atoms with van der Waals surface area (Å²) in [6.07, 6.45) is 0. The van der Waals surface area contributed by atoms with Gasteiger partial charge in [0.15, 0.2) is 5.76 Å². The van der Waals surface area contributed by atoms with Crippen LogP contribution in [-0.2, 0) is 24.3 Å². The Morgan fingerprint density at radius 1 is 1.03 bits per heavy atom. The highest BCUT2D eigenvalue weighted by molar-refractivity contribution is 7.89. The number of oxazole rings is 1. The number of nitrogens with zero attached hydrogens (tertiary/aromatic N) is 1. The van der Waals surface area contributed by atoms with E-state index in [1.165, 1.54) is 7.11 Å². The van der Waals surface area contributed by atoms with E-state index in [-0.39, 0.29) is 23.3 Å². The molecule has 2 aromatic carbocycles. The Labute approximate surface area is 187 Å². The van der Waals surface area contributed by atoms with E-state index in [9.17, 15) is 13.2 Å². The van der Waals surface area contributed by atoms with Crippen LogP contribution in [-0.4, -0.2) is 44.7 Å². The lowest BCUT2D eigenvalue weighted by atomic mass is 10.2. The Bertz CT molecular complexity index is 1150. The van der Waals surface area contributed by atoms with Crippen LogP contribution in [0.5, 0.6) is 0 Å². The van der Waals surface area contributed by atoms with E-state index in [4.69, 9.17) is 13.9 Å². The number of nitrogens with one attached hydrogen (secondary N) is 1. The number of aromatic nitrogens is 1. The molecular formula is C23H26N2O6S. The van der Waals surface area contributed by atoms with Gasteiger partial charge in [-0.05, 0) is 32.9 Å². The highest BCUT2D eigenvalue weighted by Crippen LogP contribution is 2.32. The van der Waals surface area contributed by atoms with E-state index in [1.807, 2.05) is 12.1 Å². The second kappa shape index (κ2) is 9.64. The summed E-state index contributed by atoms with van der Waals surface area (Å²) in [5, 5.41) is -0.327. The third kappa shape index (κ3) is 5.82. The van der Waals surface area contributed by atoms with Crippen LogP contribution in [0.15, 0.2) is 70.1 Å². The van der Waals surface area contributed by atoms with Gasteiger partial charge in [0.2, 0.25) is 10.9 Å². The average molecular weight is 459 g/mol. The summed E-state index contributed by atoms with van der Waals surface area (Å²) in [5.41, 5.74) is 0.566. The highest BCUT2D eigenvalue weighted by Gasteiger charge is 2.33. The van der Waals surface area contributed by atoms with Gasteiger partial charge in [-0.1, -0.05) is 48.5 Å². The first-order valence-corrected chi connectivity index (χ1v) is 11.4. The number of benzene rings is 2. The maximum absolute atomic E-state index is 13.3. The van der Waals surface area contributed by atoms with Gasteiger partial charge in [0.25, 0.3) is 10.0 Å². The molecule has 3 rings (SSSR count). The zero-order chi connectivity index (χ0) is 23.4. The van der Waals surface area contributed by atoms with Crippen molar-refractivity contribution in [1.82, 2.24) is 9.71 Å². The summed E-state index contributed by atoms with van der Waals surface area (Å²) >= 11 is 0. The Morgan fingerprint density at radius 2 is 1.59 bits per heavy atom. The van der Waals surface area contributed by atoms with Crippen molar-refractivity contribution in [2.75, 3.05) is 13.7 Å². The molecule has 0 aliphatic heterocycles. The minimum Gasteiger partial charge on any atom is -0.468 e. The molecule has 1 N–H and O–H groups in total. The smallest absolute Gasteiger partial charge is 0.326 e. The van der Waals surface area contributed by atoms with Crippen molar-refractivity contribution >= 4 is 16.0 Å². The molecule has 1 heterocycles. The minimum atomic E-state index is -4.28. The zero-order valence-electron chi connectivity index (χ0n) is 18.4. The first kappa shape index (κ1) is 23.6. The first-order chi connectivity index (χ1) is 15.1. The fourth-order valence-corrected chi connectivity index (χ4v) is 4.09. The standard InChI is InChI=1S/C23H26N2O6S/c1-23(2,3)30-15-18(22(26)29-4)25-32(27,28)21-19(16-11-7-5-8-12-16)31-20(24-21)17-13-9-6-10-14-17/h5-14,18,25H,15H2,1-4H3. The number of carbonyl (C=O) groups is 1. The Balaban J connectivity index is 2.03. The number of methoxy groups -OCH3 is 1. The van der Waals surface area contributed by atoms with Gasteiger partial charge in [-0.3, -0.25) is 4.79 Å². The molecule has 1 aromatic heterocycles. The topological polar surface area (TPSA) is 108 Å². The van der Waals surface area contributed by atoms with Gasteiger partial charge < -0.3 is 13.9 Å². The lowest BCUT2D eigenvalue weighted by Crippen LogP contribution is -2.46. The summed E-state index contributed by atoms with van der Waals surface area (Å²) in [4.78, 5) is 16.5.